The summed E-state index contributed by atoms with van der Waals surface area (Å²) in [6.45, 7) is 4.08. The molecule has 2 N–H and O–H groups in total. The van der Waals surface area contributed by atoms with Crippen LogP contribution in [0.1, 0.15) is 51.4 Å². The Balaban J connectivity index is 1.18. The summed E-state index contributed by atoms with van der Waals surface area (Å²) in [5.74, 6) is 1.47. The Morgan fingerprint density at radius 2 is 1.83 bits per heavy atom. The Bertz CT molecular complexity index is 359. The number of fused-ring (bicyclic) bond motifs is 2. The lowest BCUT2D eigenvalue weighted by atomic mass is 9.89. The van der Waals surface area contributed by atoms with Crippen molar-refractivity contribution < 1.29 is 14.3 Å². The van der Waals surface area contributed by atoms with Gasteiger partial charge in [0.2, 0.25) is 5.91 Å². The average molecular weight is 324 g/mol. The molecule has 3 aliphatic rings. The molecule has 3 saturated heterocycles. The van der Waals surface area contributed by atoms with Crippen LogP contribution < -0.4 is 10.6 Å². The van der Waals surface area contributed by atoms with E-state index in [-0.39, 0.29) is 5.91 Å². The van der Waals surface area contributed by atoms with E-state index >= 15 is 0 Å². The number of nitrogens with one attached hydrogen (secondary N) is 2. The maximum atomic E-state index is 12.0. The highest BCUT2D eigenvalue weighted by Gasteiger charge is 2.34. The summed E-state index contributed by atoms with van der Waals surface area (Å²) in [4.78, 5) is 12.0. The molecule has 3 aliphatic heterocycles. The summed E-state index contributed by atoms with van der Waals surface area (Å²) in [5, 5.41) is 6.69. The summed E-state index contributed by atoms with van der Waals surface area (Å²) in [6.07, 6.45) is 8.81. The molecule has 0 radical (unpaired) electrons. The van der Waals surface area contributed by atoms with Crippen LogP contribution in [0.4, 0.5) is 0 Å². The number of amides is 1. The van der Waals surface area contributed by atoms with Crippen LogP contribution in [0.15, 0.2) is 0 Å². The highest BCUT2D eigenvalue weighted by Crippen LogP contribution is 2.32. The van der Waals surface area contributed by atoms with E-state index in [2.05, 4.69) is 10.6 Å². The number of carbonyl (C=O) groups excluding carboxylic acids is 1. The molecule has 5 heteroatoms. The Kier molecular flexibility index (Phi) is 6.72. The maximum Gasteiger partial charge on any atom is 0.220 e. The van der Waals surface area contributed by atoms with Gasteiger partial charge in [-0.15, -0.1) is 0 Å². The van der Waals surface area contributed by atoms with Gasteiger partial charge in [0.05, 0.1) is 0 Å². The van der Waals surface area contributed by atoms with Crippen molar-refractivity contribution in [2.75, 3.05) is 33.0 Å². The molecule has 0 aromatic rings. The second-order valence-electron chi connectivity index (χ2n) is 7.51. The molecule has 1 amide bonds. The van der Waals surface area contributed by atoms with Crippen LogP contribution in [-0.4, -0.2) is 51.0 Å². The van der Waals surface area contributed by atoms with Gasteiger partial charge in [-0.1, -0.05) is 0 Å². The predicted molar refractivity (Wildman–Crippen MR) is 89.3 cm³/mol. The largest absolute Gasteiger partial charge is 0.381 e. The van der Waals surface area contributed by atoms with Crippen LogP contribution in [0.25, 0.3) is 0 Å². The molecule has 2 bridgehead atoms. The van der Waals surface area contributed by atoms with Gasteiger partial charge in [-0.25, -0.2) is 0 Å². The minimum absolute atomic E-state index is 0.223. The van der Waals surface area contributed by atoms with Gasteiger partial charge in [0.25, 0.3) is 0 Å². The Hall–Kier alpha value is -0.650. The summed E-state index contributed by atoms with van der Waals surface area (Å²) in [7, 11) is 0. The second-order valence-corrected chi connectivity index (χ2v) is 7.51. The first-order valence-corrected chi connectivity index (χ1v) is 9.48. The van der Waals surface area contributed by atoms with Crippen LogP contribution in [0.5, 0.6) is 0 Å². The average Bonchev–Trinajstić information content (AvgIpc) is 2.90. The molecular weight excluding hydrogens is 292 g/mol. The van der Waals surface area contributed by atoms with Gasteiger partial charge in [-0.2, -0.15) is 0 Å². The van der Waals surface area contributed by atoms with Crippen LogP contribution >= 0.6 is 0 Å². The fraction of sp³-hybridized carbons (Fsp3) is 0.944. The molecule has 2 unspecified atom stereocenters. The van der Waals surface area contributed by atoms with Crippen molar-refractivity contribution in [1.29, 1.82) is 0 Å². The van der Waals surface area contributed by atoms with E-state index in [1.54, 1.807) is 0 Å². The summed E-state index contributed by atoms with van der Waals surface area (Å²) in [5.41, 5.74) is 0. The number of ether oxygens (including phenoxy) is 2. The quantitative estimate of drug-likeness (QED) is 0.669. The molecule has 2 atom stereocenters. The fourth-order valence-electron chi connectivity index (χ4n) is 4.24. The van der Waals surface area contributed by atoms with Gasteiger partial charge in [0.15, 0.2) is 0 Å². The van der Waals surface area contributed by atoms with Crippen LogP contribution in [0, 0.1) is 11.8 Å². The molecule has 23 heavy (non-hydrogen) atoms. The molecule has 0 aromatic carbocycles. The summed E-state index contributed by atoms with van der Waals surface area (Å²) in [6, 6.07) is 1.34. The normalized spacial score (nSPS) is 31.2. The third-order valence-electron chi connectivity index (χ3n) is 5.53. The second kappa shape index (κ2) is 9.00. The van der Waals surface area contributed by atoms with Crippen LogP contribution in [0.2, 0.25) is 0 Å². The lowest BCUT2D eigenvalue weighted by molar-refractivity contribution is -0.122. The maximum absolute atomic E-state index is 12.0. The molecule has 3 rings (SSSR count). The van der Waals surface area contributed by atoms with E-state index in [0.29, 0.717) is 30.3 Å². The highest BCUT2D eigenvalue weighted by atomic mass is 16.5. The fourth-order valence-corrected chi connectivity index (χ4v) is 4.24. The lowest BCUT2D eigenvalue weighted by Crippen LogP contribution is -2.39. The minimum Gasteiger partial charge on any atom is -0.381 e. The molecular formula is C18H32N2O3. The molecule has 3 heterocycles. The third kappa shape index (κ3) is 5.73. The van der Waals surface area contributed by atoms with Gasteiger partial charge < -0.3 is 20.1 Å². The molecule has 5 nitrogen and oxygen atoms in total. The van der Waals surface area contributed by atoms with E-state index in [4.69, 9.17) is 9.47 Å². The van der Waals surface area contributed by atoms with Gasteiger partial charge in [0.1, 0.15) is 0 Å². The number of hydrogen-bond donors (Lipinski definition) is 2. The molecule has 0 saturated carbocycles. The van der Waals surface area contributed by atoms with E-state index in [9.17, 15) is 4.79 Å². The first-order valence-electron chi connectivity index (χ1n) is 9.48. The monoisotopic (exact) mass is 324 g/mol. The number of hydrogen-bond acceptors (Lipinski definition) is 4. The topological polar surface area (TPSA) is 59.6 Å². The van der Waals surface area contributed by atoms with E-state index in [0.717, 1.165) is 52.2 Å². The van der Waals surface area contributed by atoms with Crippen LogP contribution in [0.3, 0.4) is 0 Å². The molecule has 132 valence electrons. The van der Waals surface area contributed by atoms with Gasteiger partial charge in [-0.3, -0.25) is 4.79 Å². The zero-order valence-corrected chi connectivity index (χ0v) is 14.2. The van der Waals surface area contributed by atoms with Crippen molar-refractivity contribution in [3.63, 3.8) is 0 Å². The third-order valence-corrected chi connectivity index (χ3v) is 5.53. The van der Waals surface area contributed by atoms with Crippen molar-refractivity contribution in [3.8, 4) is 0 Å². The number of piperidine rings is 1. The standard InChI is InChI=1S/C18H32N2O3/c21-18(12-15-10-16-2-3-17(11-15)20-16)19-6-1-7-23-13-14-4-8-22-9-5-14/h14-17,20H,1-13H2,(H,19,21). The highest BCUT2D eigenvalue weighted by molar-refractivity contribution is 5.76. The van der Waals surface area contributed by atoms with Gasteiger partial charge >= 0.3 is 0 Å². The Morgan fingerprint density at radius 1 is 1.09 bits per heavy atom. The summed E-state index contributed by atoms with van der Waals surface area (Å²) < 4.78 is 11.1. The summed E-state index contributed by atoms with van der Waals surface area (Å²) >= 11 is 0. The van der Waals surface area contributed by atoms with E-state index in [1.807, 2.05) is 0 Å². The molecule has 0 spiro atoms. The van der Waals surface area contributed by atoms with Gasteiger partial charge in [-0.05, 0) is 56.8 Å². The SMILES string of the molecule is O=C(CC1CC2CCC(C1)N2)NCCCOCC1CCOCC1. The number of carbonyl (C=O) groups is 1. The number of rotatable bonds is 8. The van der Waals surface area contributed by atoms with Crippen molar-refractivity contribution >= 4 is 5.91 Å². The Labute approximate surface area is 139 Å². The first kappa shape index (κ1) is 17.2. The van der Waals surface area contributed by atoms with Gasteiger partial charge in [0, 0.05) is 51.5 Å². The van der Waals surface area contributed by atoms with E-state index < -0.39 is 0 Å². The molecule has 0 aromatic heterocycles. The van der Waals surface area contributed by atoms with Crippen molar-refractivity contribution in [3.05, 3.63) is 0 Å². The zero-order valence-electron chi connectivity index (χ0n) is 14.2. The smallest absolute Gasteiger partial charge is 0.220 e. The Morgan fingerprint density at radius 3 is 2.57 bits per heavy atom. The van der Waals surface area contributed by atoms with Crippen LogP contribution in [-0.2, 0) is 14.3 Å². The van der Waals surface area contributed by atoms with Crippen molar-refractivity contribution in [2.45, 2.75) is 63.5 Å². The van der Waals surface area contributed by atoms with Crippen molar-refractivity contribution in [2.24, 2.45) is 11.8 Å². The lowest BCUT2D eigenvalue weighted by Gasteiger charge is -2.28. The predicted octanol–water partition coefficient (Wildman–Crippen LogP) is 1.86. The molecule has 0 aliphatic carbocycles. The molecule has 3 fully saturated rings. The minimum atomic E-state index is 0.223. The zero-order chi connectivity index (χ0) is 15.9. The first-order chi connectivity index (χ1) is 11.3. The van der Waals surface area contributed by atoms with Crippen molar-refractivity contribution in [1.82, 2.24) is 10.6 Å². The van der Waals surface area contributed by atoms with E-state index in [1.165, 1.54) is 25.7 Å².